The third kappa shape index (κ3) is 2.24. The van der Waals surface area contributed by atoms with Crippen molar-refractivity contribution < 1.29 is 18.3 Å². The minimum Gasteiger partial charge on any atom is -0.493 e. The van der Waals surface area contributed by atoms with Crippen LogP contribution in [-0.2, 0) is 6.42 Å². The molecule has 4 aliphatic rings. The second-order valence-corrected chi connectivity index (χ2v) is 8.81. The number of hydrogen-bond donors (Lipinski definition) is 1. The van der Waals surface area contributed by atoms with E-state index in [1.54, 1.807) is 9.80 Å². The summed E-state index contributed by atoms with van der Waals surface area (Å²) in [5.74, 6) is -1.71. The van der Waals surface area contributed by atoms with Gasteiger partial charge in [-0.1, -0.05) is 11.3 Å². The monoisotopic (exact) mass is 392 g/mol. The smallest absolute Gasteiger partial charge is 0.324 e. The summed E-state index contributed by atoms with van der Waals surface area (Å²) < 4.78 is 33.2. The standard InChI is InChI=1S/C18H18F2N4O2S/c19-18(20)7-23(8-18)10-1-2-11-15(10)21-16(25)24(11)17-22-14-9-5-6-26-12(9)3-4-13(14)27-17/h3-4,10-11,15H,1-2,5-8H2,(H,21,25)/t10-,11-,15+/m1/s1. The average Bonchev–Trinajstić information content (AvgIpc) is 3.33. The van der Waals surface area contributed by atoms with Gasteiger partial charge in [-0.25, -0.2) is 18.6 Å². The van der Waals surface area contributed by atoms with E-state index in [0.29, 0.717) is 11.7 Å². The molecule has 0 radical (unpaired) electrons. The molecule has 2 saturated heterocycles. The van der Waals surface area contributed by atoms with Gasteiger partial charge in [0.2, 0.25) is 0 Å². The van der Waals surface area contributed by atoms with Gasteiger partial charge in [-0.05, 0) is 25.0 Å². The van der Waals surface area contributed by atoms with Gasteiger partial charge in [0.05, 0.1) is 42.0 Å². The summed E-state index contributed by atoms with van der Waals surface area (Å²) in [6, 6.07) is 3.63. The summed E-state index contributed by atoms with van der Waals surface area (Å²) in [5, 5.41) is 3.72. The van der Waals surface area contributed by atoms with Crippen molar-refractivity contribution in [2.75, 3.05) is 24.6 Å². The number of alkyl halides is 2. The first kappa shape index (κ1) is 16.0. The molecular formula is C18H18F2N4O2S. The molecule has 0 unspecified atom stereocenters. The highest BCUT2D eigenvalue weighted by Crippen LogP contribution is 2.43. The van der Waals surface area contributed by atoms with E-state index in [1.807, 2.05) is 12.1 Å². The maximum absolute atomic E-state index is 13.3. The Morgan fingerprint density at radius 2 is 2.07 bits per heavy atom. The molecule has 142 valence electrons. The van der Waals surface area contributed by atoms with E-state index in [4.69, 9.17) is 9.72 Å². The first-order chi connectivity index (χ1) is 13.0. The summed E-state index contributed by atoms with van der Waals surface area (Å²) in [4.78, 5) is 21.0. The maximum Gasteiger partial charge on any atom is 0.324 e. The lowest BCUT2D eigenvalue weighted by Gasteiger charge is -2.44. The van der Waals surface area contributed by atoms with E-state index in [2.05, 4.69) is 5.32 Å². The van der Waals surface area contributed by atoms with E-state index < -0.39 is 5.92 Å². The Balaban J connectivity index is 1.31. The van der Waals surface area contributed by atoms with Gasteiger partial charge in [0, 0.05) is 18.0 Å². The van der Waals surface area contributed by atoms with Crippen molar-refractivity contribution in [1.29, 1.82) is 0 Å². The Bertz CT molecular complexity index is 956. The number of urea groups is 1. The van der Waals surface area contributed by atoms with E-state index in [-0.39, 0.29) is 37.2 Å². The Hall–Kier alpha value is -2.00. The molecule has 2 aromatic rings. The molecule has 27 heavy (non-hydrogen) atoms. The SMILES string of the molecule is O=C1N[C@H]2[C@H](N3CC(F)(F)C3)CC[C@H]2N1c1nc2c3c(ccc2s1)OCC3. The van der Waals surface area contributed by atoms with Crippen LogP contribution in [0.4, 0.5) is 18.7 Å². The number of halogens is 2. The summed E-state index contributed by atoms with van der Waals surface area (Å²) in [5.41, 5.74) is 2.02. The number of anilines is 1. The first-order valence-electron chi connectivity index (χ1n) is 9.27. The Morgan fingerprint density at radius 1 is 1.26 bits per heavy atom. The zero-order chi connectivity index (χ0) is 18.3. The topological polar surface area (TPSA) is 57.7 Å². The van der Waals surface area contributed by atoms with Crippen LogP contribution in [0.1, 0.15) is 18.4 Å². The minimum absolute atomic E-state index is 0.0180. The van der Waals surface area contributed by atoms with Crippen molar-refractivity contribution >= 4 is 32.7 Å². The van der Waals surface area contributed by atoms with Crippen LogP contribution in [-0.4, -0.2) is 59.7 Å². The van der Waals surface area contributed by atoms with Gasteiger partial charge in [-0.3, -0.25) is 9.80 Å². The molecule has 3 atom stereocenters. The molecule has 0 bridgehead atoms. The summed E-state index contributed by atoms with van der Waals surface area (Å²) in [7, 11) is 0. The number of hydrogen-bond acceptors (Lipinski definition) is 5. The molecule has 1 aromatic carbocycles. The number of carbonyl (C=O) groups is 1. The molecule has 1 aliphatic carbocycles. The number of nitrogens with zero attached hydrogens (tertiary/aromatic N) is 3. The second kappa shape index (κ2) is 5.29. The first-order valence-corrected chi connectivity index (χ1v) is 10.1. The number of thiazole rings is 1. The number of ether oxygens (including phenoxy) is 1. The Kier molecular flexibility index (Phi) is 3.13. The zero-order valence-corrected chi connectivity index (χ0v) is 15.3. The number of benzene rings is 1. The molecular weight excluding hydrogens is 374 g/mol. The van der Waals surface area contributed by atoms with Crippen LogP contribution < -0.4 is 15.0 Å². The number of aromatic nitrogens is 1. The fraction of sp³-hybridized carbons (Fsp3) is 0.556. The fourth-order valence-electron chi connectivity index (χ4n) is 4.98. The van der Waals surface area contributed by atoms with Crippen LogP contribution in [0.2, 0.25) is 0 Å². The van der Waals surface area contributed by atoms with E-state index in [9.17, 15) is 13.6 Å². The van der Waals surface area contributed by atoms with Crippen LogP contribution in [0.5, 0.6) is 5.75 Å². The van der Waals surface area contributed by atoms with Gasteiger partial charge in [0.25, 0.3) is 5.92 Å². The lowest BCUT2D eigenvalue weighted by Crippen LogP contribution is -2.63. The molecule has 6 rings (SSSR count). The molecule has 3 aliphatic heterocycles. The predicted octanol–water partition coefficient (Wildman–Crippen LogP) is 2.61. The maximum atomic E-state index is 13.3. The van der Waals surface area contributed by atoms with Crippen molar-refractivity contribution in [2.45, 2.75) is 43.3 Å². The largest absolute Gasteiger partial charge is 0.493 e. The van der Waals surface area contributed by atoms with Crippen LogP contribution in [0.3, 0.4) is 0 Å². The Morgan fingerprint density at radius 3 is 2.89 bits per heavy atom. The van der Waals surface area contributed by atoms with Crippen molar-refractivity contribution in [1.82, 2.24) is 15.2 Å². The van der Waals surface area contributed by atoms with Gasteiger partial charge >= 0.3 is 6.03 Å². The van der Waals surface area contributed by atoms with E-state index in [0.717, 1.165) is 40.8 Å². The lowest BCUT2D eigenvalue weighted by atomic mass is 10.0. The highest BCUT2D eigenvalue weighted by atomic mass is 32.1. The van der Waals surface area contributed by atoms with Crippen molar-refractivity contribution in [3.8, 4) is 5.75 Å². The Labute approximate surface area is 158 Å². The molecule has 1 saturated carbocycles. The van der Waals surface area contributed by atoms with Crippen LogP contribution in [0.25, 0.3) is 10.2 Å². The number of rotatable bonds is 2. The zero-order valence-electron chi connectivity index (χ0n) is 14.5. The fourth-order valence-corrected chi connectivity index (χ4v) is 6.04. The normalized spacial score (nSPS) is 31.6. The van der Waals surface area contributed by atoms with Gasteiger partial charge in [-0.2, -0.15) is 0 Å². The third-order valence-corrected chi connectivity index (χ3v) is 7.21. The summed E-state index contributed by atoms with van der Waals surface area (Å²) in [6.45, 7) is 0.256. The number of amides is 2. The van der Waals surface area contributed by atoms with E-state index in [1.165, 1.54) is 11.3 Å². The molecule has 2 amide bonds. The molecule has 1 N–H and O–H groups in total. The van der Waals surface area contributed by atoms with E-state index >= 15 is 0 Å². The van der Waals surface area contributed by atoms with Gasteiger partial charge in [-0.15, -0.1) is 0 Å². The van der Waals surface area contributed by atoms with Crippen molar-refractivity contribution in [2.24, 2.45) is 0 Å². The van der Waals surface area contributed by atoms with Crippen LogP contribution >= 0.6 is 11.3 Å². The van der Waals surface area contributed by atoms with Crippen molar-refractivity contribution in [3.63, 3.8) is 0 Å². The number of likely N-dealkylation sites (tertiary alicyclic amines) is 1. The number of fused-ring (bicyclic) bond motifs is 4. The molecule has 3 fully saturated rings. The second-order valence-electron chi connectivity index (χ2n) is 7.80. The van der Waals surface area contributed by atoms with Gasteiger partial charge in [0.15, 0.2) is 5.13 Å². The molecule has 0 spiro atoms. The van der Waals surface area contributed by atoms with Crippen LogP contribution in [0.15, 0.2) is 12.1 Å². The molecule has 9 heteroatoms. The highest BCUT2D eigenvalue weighted by Gasteiger charge is 2.56. The molecule has 6 nitrogen and oxygen atoms in total. The van der Waals surface area contributed by atoms with Gasteiger partial charge in [0.1, 0.15) is 5.75 Å². The molecule has 4 heterocycles. The van der Waals surface area contributed by atoms with Crippen LogP contribution in [0, 0.1) is 0 Å². The quantitative estimate of drug-likeness (QED) is 0.854. The number of carbonyl (C=O) groups excluding carboxylic acids is 1. The lowest BCUT2D eigenvalue weighted by molar-refractivity contribution is -0.147. The average molecular weight is 392 g/mol. The van der Waals surface area contributed by atoms with Gasteiger partial charge < -0.3 is 10.1 Å². The highest BCUT2D eigenvalue weighted by molar-refractivity contribution is 7.22. The third-order valence-electron chi connectivity index (χ3n) is 6.19. The summed E-state index contributed by atoms with van der Waals surface area (Å²) >= 11 is 1.51. The predicted molar refractivity (Wildman–Crippen MR) is 96.9 cm³/mol. The number of nitrogens with one attached hydrogen (secondary N) is 1. The van der Waals surface area contributed by atoms with Crippen molar-refractivity contribution in [3.05, 3.63) is 17.7 Å². The minimum atomic E-state index is -2.59. The molecule has 1 aromatic heterocycles. The summed E-state index contributed by atoms with van der Waals surface area (Å²) in [6.07, 6.45) is 2.45.